The number of hydrogen-bond acceptors (Lipinski definition) is 5. The van der Waals surface area contributed by atoms with E-state index in [4.69, 9.17) is 21.1 Å². The fourth-order valence-corrected chi connectivity index (χ4v) is 3.05. The van der Waals surface area contributed by atoms with Crippen molar-refractivity contribution in [1.29, 1.82) is 0 Å². The van der Waals surface area contributed by atoms with Crippen LogP contribution in [0.2, 0.25) is 5.02 Å². The molecule has 8 heteroatoms. The minimum Gasteiger partial charge on any atom is -0.490 e. The Kier molecular flexibility index (Phi) is 7.57. The van der Waals surface area contributed by atoms with Crippen LogP contribution in [-0.2, 0) is 0 Å². The summed E-state index contributed by atoms with van der Waals surface area (Å²) in [5.41, 5.74) is 4.48. The van der Waals surface area contributed by atoms with Gasteiger partial charge < -0.3 is 9.47 Å². The summed E-state index contributed by atoms with van der Waals surface area (Å²) in [6.07, 6.45) is 1.42. The summed E-state index contributed by atoms with van der Waals surface area (Å²) in [4.78, 5) is 24.6. The number of carbonyl (C=O) groups is 2. The molecule has 3 rings (SSSR count). The Hall–Kier alpha value is -3.71. The number of nitrogens with zero attached hydrogens (tertiary/aromatic N) is 1. The topological polar surface area (TPSA) is 77.0 Å². The van der Waals surface area contributed by atoms with Crippen LogP contribution < -0.4 is 14.9 Å². The standard InChI is InChI=1S/C24H20ClFN2O4/c1-3-31-22-13-16(14-27-28-23(29)19-10-4-15(2)12-20(19)25)5-11-21(22)32-24(30)17-6-8-18(26)9-7-17/h4-14H,3H2,1-2H3,(H,28,29)/b27-14-. The Bertz CT molecular complexity index is 1160. The van der Waals surface area contributed by atoms with Crippen molar-refractivity contribution in [3.05, 3.63) is 93.8 Å². The molecule has 0 saturated carbocycles. The van der Waals surface area contributed by atoms with Gasteiger partial charge in [-0.2, -0.15) is 5.10 Å². The first-order chi connectivity index (χ1) is 15.4. The average Bonchev–Trinajstić information content (AvgIpc) is 2.76. The molecule has 0 unspecified atom stereocenters. The van der Waals surface area contributed by atoms with E-state index in [-0.39, 0.29) is 11.3 Å². The second-order valence-electron chi connectivity index (χ2n) is 6.72. The van der Waals surface area contributed by atoms with Gasteiger partial charge in [-0.3, -0.25) is 4.79 Å². The maximum Gasteiger partial charge on any atom is 0.343 e. The number of ether oxygens (including phenoxy) is 2. The van der Waals surface area contributed by atoms with Crippen molar-refractivity contribution in [2.24, 2.45) is 5.10 Å². The Labute approximate surface area is 189 Å². The first kappa shape index (κ1) is 23.0. The highest BCUT2D eigenvalue weighted by Gasteiger charge is 2.14. The van der Waals surface area contributed by atoms with Crippen LogP contribution in [0.1, 0.15) is 38.8 Å². The molecule has 0 aliphatic rings. The normalized spacial score (nSPS) is 10.8. The summed E-state index contributed by atoms with van der Waals surface area (Å²) in [5, 5.41) is 4.28. The molecule has 0 aliphatic carbocycles. The second kappa shape index (κ2) is 10.5. The molecule has 0 atom stereocenters. The predicted octanol–water partition coefficient (Wildman–Crippen LogP) is 5.17. The highest BCUT2D eigenvalue weighted by molar-refractivity contribution is 6.33. The molecule has 3 aromatic carbocycles. The lowest BCUT2D eigenvalue weighted by Gasteiger charge is -2.11. The Balaban J connectivity index is 1.71. The van der Waals surface area contributed by atoms with Crippen LogP contribution in [0, 0.1) is 12.7 Å². The Morgan fingerprint density at radius 2 is 1.81 bits per heavy atom. The summed E-state index contributed by atoms with van der Waals surface area (Å²) in [6, 6.07) is 14.9. The zero-order valence-corrected chi connectivity index (χ0v) is 18.2. The molecule has 32 heavy (non-hydrogen) atoms. The monoisotopic (exact) mass is 454 g/mol. The fraction of sp³-hybridized carbons (Fsp3) is 0.125. The SMILES string of the molecule is CCOc1cc(/C=N\NC(=O)c2ccc(C)cc2Cl)ccc1OC(=O)c1ccc(F)cc1. The minimum atomic E-state index is -0.644. The lowest BCUT2D eigenvalue weighted by molar-refractivity contribution is 0.0728. The van der Waals surface area contributed by atoms with E-state index in [2.05, 4.69) is 10.5 Å². The van der Waals surface area contributed by atoms with Gasteiger partial charge in [-0.05, 0) is 79.6 Å². The molecular weight excluding hydrogens is 435 g/mol. The third kappa shape index (κ3) is 5.92. The summed E-state index contributed by atoms with van der Waals surface area (Å²) >= 11 is 6.10. The smallest absolute Gasteiger partial charge is 0.343 e. The van der Waals surface area contributed by atoms with Gasteiger partial charge in [0.1, 0.15) is 5.82 Å². The van der Waals surface area contributed by atoms with Gasteiger partial charge in [-0.15, -0.1) is 0 Å². The molecule has 6 nitrogen and oxygen atoms in total. The van der Waals surface area contributed by atoms with Crippen molar-refractivity contribution in [2.45, 2.75) is 13.8 Å². The summed E-state index contributed by atoms with van der Waals surface area (Å²) < 4.78 is 24.0. The van der Waals surface area contributed by atoms with E-state index in [9.17, 15) is 14.0 Å². The number of benzene rings is 3. The van der Waals surface area contributed by atoms with Crippen molar-refractivity contribution >= 4 is 29.7 Å². The molecule has 164 valence electrons. The van der Waals surface area contributed by atoms with Gasteiger partial charge in [0.25, 0.3) is 5.91 Å². The van der Waals surface area contributed by atoms with E-state index in [1.165, 1.54) is 30.5 Å². The number of amides is 1. The molecule has 0 spiro atoms. The maximum atomic E-state index is 13.1. The summed E-state index contributed by atoms with van der Waals surface area (Å²) in [5.74, 6) is -1.01. The first-order valence-corrected chi connectivity index (χ1v) is 10.1. The molecule has 0 saturated heterocycles. The largest absolute Gasteiger partial charge is 0.490 e. The molecule has 1 amide bonds. The first-order valence-electron chi connectivity index (χ1n) is 9.71. The van der Waals surface area contributed by atoms with E-state index in [1.54, 1.807) is 43.3 Å². The minimum absolute atomic E-state index is 0.203. The number of rotatable bonds is 7. The van der Waals surface area contributed by atoms with Gasteiger partial charge in [-0.1, -0.05) is 17.7 Å². The van der Waals surface area contributed by atoms with Crippen LogP contribution >= 0.6 is 11.6 Å². The Morgan fingerprint density at radius 3 is 2.50 bits per heavy atom. The zero-order chi connectivity index (χ0) is 23.1. The van der Waals surface area contributed by atoms with Crippen molar-refractivity contribution in [1.82, 2.24) is 5.43 Å². The molecule has 0 radical (unpaired) electrons. The molecular formula is C24H20ClFN2O4. The summed E-state index contributed by atoms with van der Waals surface area (Å²) in [7, 11) is 0. The van der Waals surface area contributed by atoms with Gasteiger partial charge in [0, 0.05) is 0 Å². The van der Waals surface area contributed by atoms with Crippen LogP contribution in [-0.4, -0.2) is 24.7 Å². The number of aryl methyl sites for hydroxylation is 1. The van der Waals surface area contributed by atoms with Gasteiger partial charge in [-0.25, -0.2) is 14.6 Å². The molecule has 3 aromatic rings. The number of hydrazone groups is 1. The molecule has 0 heterocycles. The molecule has 0 aliphatic heterocycles. The highest BCUT2D eigenvalue weighted by atomic mass is 35.5. The van der Waals surface area contributed by atoms with Gasteiger partial charge in [0.05, 0.1) is 29.0 Å². The quantitative estimate of drug-likeness (QED) is 0.231. The predicted molar refractivity (Wildman–Crippen MR) is 120 cm³/mol. The van der Waals surface area contributed by atoms with E-state index in [1.807, 2.05) is 6.92 Å². The number of carbonyl (C=O) groups excluding carboxylic acids is 2. The molecule has 0 bridgehead atoms. The molecule has 1 N–H and O–H groups in total. The van der Waals surface area contributed by atoms with E-state index in [0.717, 1.165) is 5.56 Å². The van der Waals surface area contributed by atoms with Crippen molar-refractivity contribution < 1.29 is 23.5 Å². The maximum absolute atomic E-state index is 13.1. The van der Waals surface area contributed by atoms with E-state index >= 15 is 0 Å². The average molecular weight is 455 g/mol. The lowest BCUT2D eigenvalue weighted by atomic mass is 10.1. The number of halogens is 2. The molecule has 0 aromatic heterocycles. The third-order valence-electron chi connectivity index (χ3n) is 4.30. The van der Waals surface area contributed by atoms with Gasteiger partial charge in [0.15, 0.2) is 11.5 Å². The van der Waals surface area contributed by atoms with Gasteiger partial charge >= 0.3 is 5.97 Å². The zero-order valence-electron chi connectivity index (χ0n) is 17.4. The van der Waals surface area contributed by atoms with Crippen LogP contribution in [0.5, 0.6) is 11.5 Å². The third-order valence-corrected chi connectivity index (χ3v) is 4.61. The number of nitrogens with one attached hydrogen (secondary N) is 1. The van der Waals surface area contributed by atoms with E-state index < -0.39 is 17.7 Å². The Morgan fingerprint density at radius 1 is 1.06 bits per heavy atom. The van der Waals surface area contributed by atoms with E-state index in [0.29, 0.717) is 28.5 Å². The lowest BCUT2D eigenvalue weighted by Crippen LogP contribution is -2.18. The highest BCUT2D eigenvalue weighted by Crippen LogP contribution is 2.29. The second-order valence-corrected chi connectivity index (χ2v) is 7.13. The van der Waals surface area contributed by atoms with Crippen LogP contribution in [0.15, 0.2) is 65.8 Å². The van der Waals surface area contributed by atoms with Crippen molar-refractivity contribution in [2.75, 3.05) is 6.61 Å². The van der Waals surface area contributed by atoms with Crippen LogP contribution in [0.4, 0.5) is 4.39 Å². The summed E-state index contributed by atoms with van der Waals surface area (Å²) in [6.45, 7) is 4.00. The van der Waals surface area contributed by atoms with Crippen LogP contribution in [0.3, 0.4) is 0 Å². The van der Waals surface area contributed by atoms with Crippen LogP contribution in [0.25, 0.3) is 0 Å². The van der Waals surface area contributed by atoms with Gasteiger partial charge in [0.2, 0.25) is 0 Å². The van der Waals surface area contributed by atoms with Crippen molar-refractivity contribution in [3.8, 4) is 11.5 Å². The fourth-order valence-electron chi connectivity index (χ4n) is 2.73. The molecule has 0 fully saturated rings. The van der Waals surface area contributed by atoms with Crippen molar-refractivity contribution in [3.63, 3.8) is 0 Å². The number of hydrogen-bond donors (Lipinski definition) is 1. The number of esters is 1.